The zero-order chi connectivity index (χ0) is 25.4. The molecule has 0 bridgehead atoms. The predicted molar refractivity (Wildman–Crippen MR) is 116 cm³/mol. The number of aliphatic imine (C=N–C) groups is 1. The molecule has 2 aliphatic heterocycles. The number of hydrogen-bond donors (Lipinski definition) is 2. The number of aromatic nitrogens is 1. The first kappa shape index (κ1) is 27.3. The number of nitrogens with one attached hydrogen (secondary N) is 1. The minimum Gasteiger partial charge on any atom is -0.485 e. The quantitative estimate of drug-likeness (QED) is 0.521. The van der Waals surface area contributed by atoms with Crippen LogP contribution in [0.5, 0.6) is 5.75 Å². The second-order valence-electron chi connectivity index (χ2n) is 7.94. The van der Waals surface area contributed by atoms with E-state index in [-0.39, 0.29) is 47.7 Å². The van der Waals surface area contributed by atoms with E-state index in [0.29, 0.717) is 0 Å². The molecule has 15 heteroatoms. The standard InChI is InChI=1S/C21H18F6N4O4.ClH/c22-14-3-1-11(5-13(14)20-9-33-7-19(20,25)8-35-18(28)31-20)30-16(32)15-4-2-12(6-29-15)34-10-21(26,27)17(23)24;/h1-6,17H,7-10H2,(H2,28,31)(H,30,32);1H/t19-,20-;/m1./s1. The summed E-state index contributed by atoms with van der Waals surface area (Å²) in [4.78, 5) is 20.3. The van der Waals surface area contributed by atoms with Gasteiger partial charge in [-0.3, -0.25) is 4.79 Å². The lowest BCUT2D eigenvalue weighted by molar-refractivity contribution is -0.148. The second kappa shape index (κ2) is 10.0. The Labute approximate surface area is 206 Å². The molecule has 1 fully saturated rings. The minimum atomic E-state index is -4.35. The first-order valence-electron chi connectivity index (χ1n) is 10.1. The van der Waals surface area contributed by atoms with Crippen LogP contribution in [-0.2, 0) is 15.0 Å². The number of carbonyl (C=O) groups is 1. The van der Waals surface area contributed by atoms with Crippen molar-refractivity contribution in [1.29, 1.82) is 0 Å². The Morgan fingerprint density at radius 3 is 2.64 bits per heavy atom. The van der Waals surface area contributed by atoms with Gasteiger partial charge in [0.25, 0.3) is 11.9 Å². The van der Waals surface area contributed by atoms with E-state index in [1.165, 1.54) is 12.1 Å². The van der Waals surface area contributed by atoms with Crippen molar-refractivity contribution in [1.82, 2.24) is 4.98 Å². The van der Waals surface area contributed by atoms with Gasteiger partial charge in [0.05, 0.1) is 19.4 Å². The highest BCUT2D eigenvalue weighted by molar-refractivity contribution is 6.02. The number of alkyl halides is 5. The van der Waals surface area contributed by atoms with Crippen LogP contribution in [0.3, 0.4) is 0 Å². The fourth-order valence-corrected chi connectivity index (χ4v) is 3.65. The van der Waals surface area contributed by atoms with Crippen molar-refractivity contribution in [3.8, 4) is 5.75 Å². The van der Waals surface area contributed by atoms with Crippen LogP contribution in [0, 0.1) is 5.82 Å². The summed E-state index contributed by atoms with van der Waals surface area (Å²) in [5, 5.41) is 2.45. The number of nitrogens with zero attached hydrogens (tertiary/aromatic N) is 2. The maximum Gasteiger partial charge on any atom is 0.340 e. The number of amidine groups is 1. The molecule has 1 saturated heterocycles. The molecule has 1 aromatic carbocycles. The van der Waals surface area contributed by atoms with Gasteiger partial charge < -0.3 is 25.3 Å². The molecule has 3 N–H and O–H groups in total. The van der Waals surface area contributed by atoms with E-state index >= 15 is 4.39 Å². The normalized spacial score (nSPS) is 23.2. The van der Waals surface area contributed by atoms with E-state index in [2.05, 4.69) is 20.0 Å². The van der Waals surface area contributed by atoms with Crippen LogP contribution in [0.1, 0.15) is 16.1 Å². The number of anilines is 1. The highest BCUT2D eigenvalue weighted by Gasteiger charge is 2.62. The van der Waals surface area contributed by atoms with E-state index in [1.54, 1.807) is 0 Å². The number of rotatable bonds is 7. The van der Waals surface area contributed by atoms with Gasteiger partial charge in [-0.2, -0.15) is 8.78 Å². The van der Waals surface area contributed by atoms with Crippen molar-refractivity contribution in [3.05, 3.63) is 53.6 Å². The number of hydrogen-bond acceptors (Lipinski definition) is 7. The summed E-state index contributed by atoms with van der Waals surface area (Å²) in [6, 6.07) is 5.27. The van der Waals surface area contributed by atoms with Crippen molar-refractivity contribution in [3.63, 3.8) is 0 Å². The molecule has 0 spiro atoms. The molecular weight excluding hydrogens is 522 g/mol. The van der Waals surface area contributed by atoms with Gasteiger partial charge in [-0.15, -0.1) is 12.4 Å². The fourth-order valence-electron chi connectivity index (χ4n) is 3.65. The molecule has 2 aromatic rings. The fraction of sp³-hybridized carbons (Fsp3) is 0.381. The highest BCUT2D eigenvalue weighted by Crippen LogP contribution is 2.48. The molecule has 0 aliphatic carbocycles. The van der Waals surface area contributed by atoms with Crippen LogP contribution >= 0.6 is 12.4 Å². The van der Waals surface area contributed by atoms with Gasteiger partial charge in [0, 0.05) is 11.3 Å². The van der Waals surface area contributed by atoms with Crippen molar-refractivity contribution in [2.45, 2.75) is 23.6 Å². The molecule has 0 unspecified atom stereocenters. The molecule has 8 nitrogen and oxygen atoms in total. The van der Waals surface area contributed by atoms with Gasteiger partial charge in [0.1, 0.15) is 23.9 Å². The van der Waals surface area contributed by atoms with Crippen molar-refractivity contribution >= 4 is 30.0 Å². The Morgan fingerprint density at radius 1 is 1.22 bits per heavy atom. The largest absolute Gasteiger partial charge is 0.485 e. The second-order valence-corrected chi connectivity index (χ2v) is 7.94. The Balaban J connectivity index is 0.00000361. The first-order valence-corrected chi connectivity index (χ1v) is 10.1. The summed E-state index contributed by atoms with van der Waals surface area (Å²) in [5.74, 6) is -6.21. The number of benzene rings is 1. The van der Waals surface area contributed by atoms with E-state index < -0.39 is 55.1 Å². The average molecular weight is 541 g/mol. The maximum absolute atomic E-state index is 15.6. The van der Waals surface area contributed by atoms with Crippen LogP contribution in [0.25, 0.3) is 0 Å². The number of amides is 1. The molecule has 4 rings (SSSR count). The van der Waals surface area contributed by atoms with Crippen molar-refractivity contribution < 1.29 is 45.3 Å². The summed E-state index contributed by atoms with van der Waals surface area (Å²) in [5.41, 5.74) is 1.25. The number of fused-ring (bicyclic) bond motifs is 1. The SMILES string of the molecule is Cl.NC1=N[C@@]2(c3cc(NC(=O)c4ccc(OCC(F)(F)C(F)F)cn4)ccc3F)COC[C@@]2(F)CO1. The average Bonchev–Trinajstić information content (AvgIpc) is 3.16. The first-order chi connectivity index (χ1) is 16.5. The summed E-state index contributed by atoms with van der Waals surface area (Å²) in [6.45, 7) is -2.79. The summed E-state index contributed by atoms with van der Waals surface area (Å²) < 4.78 is 95.5. The molecular formula is C21H19ClF6N4O4. The monoisotopic (exact) mass is 540 g/mol. The number of ether oxygens (including phenoxy) is 3. The summed E-state index contributed by atoms with van der Waals surface area (Å²) >= 11 is 0. The van der Waals surface area contributed by atoms with Crippen molar-refractivity contribution in [2.24, 2.45) is 10.7 Å². The molecule has 0 saturated carbocycles. The predicted octanol–water partition coefficient (Wildman–Crippen LogP) is 3.45. The van der Waals surface area contributed by atoms with Gasteiger partial charge in [0.2, 0.25) is 0 Å². The van der Waals surface area contributed by atoms with Crippen LogP contribution in [0.4, 0.5) is 32.0 Å². The third-order valence-corrected chi connectivity index (χ3v) is 5.52. The molecule has 1 aromatic heterocycles. The smallest absolute Gasteiger partial charge is 0.340 e. The van der Waals surface area contributed by atoms with E-state index in [9.17, 15) is 26.7 Å². The lowest BCUT2D eigenvalue weighted by Crippen LogP contribution is -2.55. The van der Waals surface area contributed by atoms with Crippen LogP contribution < -0.4 is 15.8 Å². The molecule has 196 valence electrons. The molecule has 36 heavy (non-hydrogen) atoms. The number of nitrogens with two attached hydrogens (primary N) is 1. The van der Waals surface area contributed by atoms with Gasteiger partial charge in [-0.05, 0) is 30.3 Å². The molecule has 1 amide bonds. The Bertz CT molecular complexity index is 1160. The highest BCUT2D eigenvalue weighted by atomic mass is 35.5. The molecule has 3 heterocycles. The third kappa shape index (κ3) is 5.00. The third-order valence-electron chi connectivity index (χ3n) is 5.52. The van der Waals surface area contributed by atoms with Crippen LogP contribution in [0.2, 0.25) is 0 Å². The minimum absolute atomic E-state index is 0. The maximum atomic E-state index is 15.6. The van der Waals surface area contributed by atoms with Gasteiger partial charge in [-0.1, -0.05) is 0 Å². The van der Waals surface area contributed by atoms with E-state index in [1.807, 2.05) is 0 Å². The zero-order valence-corrected chi connectivity index (χ0v) is 19.0. The zero-order valence-electron chi connectivity index (χ0n) is 18.2. The van der Waals surface area contributed by atoms with E-state index in [4.69, 9.17) is 15.2 Å². The Kier molecular flexibility index (Phi) is 7.60. The molecule has 0 radical (unpaired) electrons. The lowest BCUT2D eigenvalue weighted by Gasteiger charge is -2.38. The topological polar surface area (TPSA) is 108 Å². The van der Waals surface area contributed by atoms with Gasteiger partial charge in [0.15, 0.2) is 17.8 Å². The Hall–Kier alpha value is -3.26. The lowest BCUT2D eigenvalue weighted by atomic mass is 9.78. The molecule has 2 atom stereocenters. The van der Waals surface area contributed by atoms with E-state index in [0.717, 1.165) is 24.4 Å². The number of carbonyl (C=O) groups excluding carboxylic acids is 1. The van der Waals surface area contributed by atoms with Gasteiger partial charge in [-0.25, -0.2) is 27.5 Å². The van der Waals surface area contributed by atoms with Crippen LogP contribution in [0.15, 0.2) is 41.5 Å². The summed E-state index contributed by atoms with van der Waals surface area (Å²) in [7, 11) is 0. The number of halogens is 7. The van der Waals surface area contributed by atoms with Gasteiger partial charge >= 0.3 is 12.3 Å². The van der Waals surface area contributed by atoms with Crippen LogP contribution in [-0.4, -0.2) is 61.4 Å². The summed E-state index contributed by atoms with van der Waals surface area (Å²) in [6.07, 6.45) is -3.00. The number of pyridine rings is 1. The Morgan fingerprint density at radius 2 is 1.97 bits per heavy atom. The molecule has 2 aliphatic rings. The van der Waals surface area contributed by atoms with Crippen molar-refractivity contribution in [2.75, 3.05) is 31.7 Å².